The Labute approximate surface area is 169 Å². The van der Waals surface area contributed by atoms with Gasteiger partial charge in [0, 0.05) is 19.5 Å². The van der Waals surface area contributed by atoms with E-state index in [-0.39, 0.29) is 12.6 Å². The Morgan fingerprint density at radius 2 is 1.93 bits per heavy atom. The molecule has 1 atom stereocenters. The van der Waals surface area contributed by atoms with Crippen LogP contribution in [-0.4, -0.2) is 36.8 Å². The van der Waals surface area contributed by atoms with Gasteiger partial charge in [0.05, 0.1) is 18.8 Å². The summed E-state index contributed by atoms with van der Waals surface area (Å²) in [7, 11) is 0. The predicted octanol–water partition coefficient (Wildman–Crippen LogP) is 3.66. The van der Waals surface area contributed by atoms with E-state index in [9.17, 15) is 5.11 Å². The summed E-state index contributed by atoms with van der Waals surface area (Å²) in [6.07, 6.45) is 0.201. The number of aliphatic hydroxyl groups excluding tert-OH is 1. The van der Waals surface area contributed by atoms with E-state index in [2.05, 4.69) is 31.6 Å². The minimum Gasteiger partial charge on any atom is -0.491 e. The molecule has 3 N–H and O–H groups in total. The minimum atomic E-state index is -0.672. The fraction of sp³-hybridized carbons (Fsp3) is 0.450. The Balaban J connectivity index is 1.86. The van der Waals surface area contributed by atoms with Crippen LogP contribution in [0.15, 0.2) is 50.5 Å². The first kappa shape index (κ1) is 21.3. The summed E-state index contributed by atoms with van der Waals surface area (Å²) in [5.41, 5.74) is 0.811. The highest BCUT2D eigenvalue weighted by Gasteiger charge is 2.09. The molecule has 2 rings (SSSR count). The second-order valence-electron chi connectivity index (χ2n) is 6.35. The van der Waals surface area contributed by atoms with Crippen molar-refractivity contribution in [1.29, 1.82) is 0 Å². The number of aliphatic hydroxyl groups is 1. The zero-order valence-corrected chi connectivity index (χ0v) is 17.6. The summed E-state index contributed by atoms with van der Waals surface area (Å²) in [4.78, 5) is 4.47. The van der Waals surface area contributed by atoms with Crippen LogP contribution in [0.2, 0.25) is 0 Å². The fourth-order valence-corrected chi connectivity index (χ4v) is 2.80. The van der Waals surface area contributed by atoms with Gasteiger partial charge in [-0.2, -0.15) is 0 Å². The topological polar surface area (TPSA) is 79.0 Å². The van der Waals surface area contributed by atoms with Crippen LogP contribution in [0, 0.1) is 0 Å². The molecular formula is C20H28BrN3O3. The highest BCUT2D eigenvalue weighted by molar-refractivity contribution is 9.10. The lowest BCUT2D eigenvalue weighted by Gasteiger charge is -2.14. The molecule has 0 spiro atoms. The van der Waals surface area contributed by atoms with Gasteiger partial charge >= 0.3 is 0 Å². The van der Waals surface area contributed by atoms with Crippen molar-refractivity contribution in [2.75, 3.05) is 19.6 Å². The normalized spacial score (nSPS) is 12.9. The Bertz CT molecular complexity index is 714. The summed E-state index contributed by atoms with van der Waals surface area (Å²) < 4.78 is 11.8. The molecule has 1 heterocycles. The molecule has 0 fully saturated rings. The van der Waals surface area contributed by atoms with Crippen LogP contribution in [0.5, 0.6) is 5.75 Å². The summed E-state index contributed by atoms with van der Waals surface area (Å²) >= 11 is 3.30. The molecule has 1 aromatic carbocycles. The molecule has 0 aliphatic rings. The van der Waals surface area contributed by atoms with E-state index in [0.29, 0.717) is 12.5 Å². The minimum absolute atomic E-state index is 0.126. The van der Waals surface area contributed by atoms with Crippen LogP contribution in [0.25, 0.3) is 0 Å². The standard InChI is InChI=1S/C20H28BrN3O3/c1-4-22-20(23-12-11-17-9-10-19(21)27-17)24-13-18(25)15-5-7-16(8-6-15)26-14(2)3/h5-10,14,18,25H,4,11-13H2,1-3H3,(H2,22,23,24). The third kappa shape index (κ3) is 7.64. The van der Waals surface area contributed by atoms with Gasteiger partial charge in [0.25, 0.3) is 0 Å². The lowest BCUT2D eigenvalue weighted by Crippen LogP contribution is -2.38. The van der Waals surface area contributed by atoms with Crippen LogP contribution >= 0.6 is 15.9 Å². The Hall–Kier alpha value is -1.99. The second kappa shape index (κ2) is 11.0. The summed E-state index contributed by atoms with van der Waals surface area (Å²) in [6.45, 7) is 7.67. The quantitative estimate of drug-likeness (QED) is 0.412. The van der Waals surface area contributed by atoms with Gasteiger partial charge in [-0.25, -0.2) is 0 Å². The van der Waals surface area contributed by atoms with Gasteiger partial charge in [0.15, 0.2) is 10.6 Å². The van der Waals surface area contributed by atoms with Crippen molar-refractivity contribution in [2.45, 2.75) is 39.4 Å². The van der Waals surface area contributed by atoms with Crippen molar-refractivity contribution in [3.8, 4) is 5.75 Å². The SMILES string of the molecule is CCNC(=NCC(O)c1ccc(OC(C)C)cc1)NCCc1ccc(Br)o1. The number of hydrogen-bond donors (Lipinski definition) is 3. The second-order valence-corrected chi connectivity index (χ2v) is 7.14. The number of guanidine groups is 1. The summed E-state index contributed by atoms with van der Waals surface area (Å²) in [5.74, 6) is 2.36. The molecule has 27 heavy (non-hydrogen) atoms. The third-order valence-electron chi connectivity index (χ3n) is 3.70. The van der Waals surface area contributed by atoms with E-state index in [1.54, 1.807) is 0 Å². The van der Waals surface area contributed by atoms with Crippen molar-refractivity contribution < 1.29 is 14.3 Å². The average Bonchev–Trinajstić information content (AvgIpc) is 3.04. The predicted molar refractivity (Wildman–Crippen MR) is 111 cm³/mol. The highest BCUT2D eigenvalue weighted by atomic mass is 79.9. The Morgan fingerprint density at radius 1 is 1.19 bits per heavy atom. The maximum absolute atomic E-state index is 10.4. The first-order valence-electron chi connectivity index (χ1n) is 9.19. The molecule has 0 saturated carbocycles. The molecule has 7 heteroatoms. The third-order valence-corrected chi connectivity index (χ3v) is 4.12. The first-order chi connectivity index (χ1) is 13.0. The van der Waals surface area contributed by atoms with Gasteiger partial charge in [-0.05, 0) is 66.5 Å². The molecule has 2 aromatic rings. The van der Waals surface area contributed by atoms with Crippen molar-refractivity contribution in [3.05, 3.63) is 52.4 Å². The van der Waals surface area contributed by atoms with Gasteiger partial charge < -0.3 is 24.9 Å². The number of benzene rings is 1. The van der Waals surface area contributed by atoms with Crippen molar-refractivity contribution in [2.24, 2.45) is 4.99 Å². The molecule has 0 amide bonds. The lowest BCUT2D eigenvalue weighted by molar-refractivity contribution is 0.186. The number of furan rings is 1. The highest BCUT2D eigenvalue weighted by Crippen LogP contribution is 2.19. The van der Waals surface area contributed by atoms with E-state index in [4.69, 9.17) is 9.15 Å². The molecule has 0 aliphatic heterocycles. The number of aliphatic imine (C=N–C) groups is 1. The van der Waals surface area contributed by atoms with Crippen LogP contribution in [0.1, 0.15) is 38.2 Å². The maximum atomic E-state index is 10.4. The maximum Gasteiger partial charge on any atom is 0.191 e. The van der Waals surface area contributed by atoms with E-state index in [1.165, 1.54) is 0 Å². The smallest absolute Gasteiger partial charge is 0.191 e. The zero-order valence-electron chi connectivity index (χ0n) is 16.0. The van der Waals surface area contributed by atoms with E-state index < -0.39 is 6.10 Å². The van der Waals surface area contributed by atoms with Crippen LogP contribution in [-0.2, 0) is 6.42 Å². The van der Waals surface area contributed by atoms with Gasteiger partial charge in [-0.1, -0.05) is 12.1 Å². The molecule has 1 aromatic heterocycles. The lowest BCUT2D eigenvalue weighted by atomic mass is 10.1. The molecule has 0 aliphatic carbocycles. The number of halogens is 1. The molecule has 1 unspecified atom stereocenters. The van der Waals surface area contributed by atoms with Gasteiger partial charge in [0.1, 0.15) is 11.5 Å². The van der Waals surface area contributed by atoms with Crippen LogP contribution in [0.3, 0.4) is 0 Å². The number of nitrogens with zero attached hydrogens (tertiary/aromatic N) is 1. The zero-order chi connectivity index (χ0) is 19.6. The first-order valence-corrected chi connectivity index (χ1v) is 9.98. The van der Waals surface area contributed by atoms with Crippen LogP contribution < -0.4 is 15.4 Å². The molecular weight excluding hydrogens is 410 g/mol. The molecule has 0 radical (unpaired) electrons. The number of rotatable bonds is 9. The van der Waals surface area contributed by atoms with Crippen molar-refractivity contribution >= 4 is 21.9 Å². The van der Waals surface area contributed by atoms with Gasteiger partial charge in [-0.15, -0.1) is 0 Å². The fourth-order valence-electron chi connectivity index (χ4n) is 2.46. The van der Waals surface area contributed by atoms with E-state index >= 15 is 0 Å². The van der Waals surface area contributed by atoms with Gasteiger partial charge in [0.2, 0.25) is 0 Å². The Kier molecular flexibility index (Phi) is 8.67. The molecule has 0 saturated heterocycles. The molecule has 148 valence electrons. The monoisotopic (exact) mass is 437 g/mol. The summed E-state index contributed by atoms with van der Waals surface area (Å²) in [5, 5.41) is 16.8. The Morgan fingerprint density at radius 3 is 2.52 bits per heavy atom. The van der Waals surface area contributed by atoms with Crippen molar-refractivity contribution in [1.82, 2.24) is 10.6 Å². The summed E-state index contributed by atoms with van der Waals surface area (Å²) in [6, 6.07) is 11.3. The van der Waals surface area contributed by atoms with Gasteiger partial charge in [-0.3, -0.25) is 4.99 Å². The largest absolute Gasteiger partial charge is 0.491 e. The van der Waals surface area contributed by atoms with Crippen LogP contribution in [0.4, 0.5) is 0 Å². The number of ether oxygens (including phenoxy) is 1. The number of hydrogen-bond acceptors (Lipinski definition) is 4. The molecule has 6 nitrogen and oxygen atoms in total. The molecule has 0 bridgehead atoms. The van der Waals surface area contributed by atoms with E-state index in [0.717, 1.165) is 34.7 Å². The van der Waals surface area contributed by atoms with E-state index in [1.807, 2.05) is 57.2 Å². The number of nitrogens with one attached hydrogen (secondary N) is 2. The average molecular weight is 438 g/mol. The van der Waals surface area contributed by atoms with Crippen molar-refractivity contribution in [3.63, 3.8) is 0 Å².